The van der Waals surface area contributed by atoms with Crippen molar-refractivity contribution in [1.82, 2.24) is 0 Å². The third-order valence-electron chi connectivity index (χ3n) is 5.81. The molecule has 5 nitrogen and oxygen atoms in total. The Morgan fingerprint density at radius 2 is 1.48 bits per heavy atom. The molecule has 31 heavy (non-hydrogen) atoms. The summed E-state index contributed by atoms with van der Waals surface area (Å²) in [5.41, 5.74) is 4.70. The van der Waals surface area contributed by atoms with Crippen molar-refractivity contribution in [3.63, 3.8) is 0 Å². The number of carbonyl (C=O) groups is 1. The maximum absolute atomic E-state index is 13.5. The van der Waals surface area contributed by atoms with Gasteiger partial charge < -0.3 is 9.57 Å². The van der Waals surface area contributed by atoms with Gasteiger partial charge in [-0.1, -0.05) is 71.4 Å². The van der Waals surface area contributed by atoms with Gasteiger partial charge in [-0.2, -0.15) is 0 Å². The first-order valence-corrected chi connectivity index (χ1v) is 10.3. The molecular weight excluding hydrogens is 388 g/mol. The van der Waals surface area contributed by atoms with Crippen LogP contribution in [0.3, 0.4) is 0 Å². The molecule has 0 saturated carbocycles. The van der Waals surface area contributed by atoms with E-state index in [-0.39, 0.29) is 5.90 Å². The van der Waals surface area contributed by atoms with E-state index in [0.717, 1.165) is 33.4 Å². The zero-order chi connectivity index (χ0) is 21.6. The Labute approximate surface area is 181 Å². The second-order valence-corrected chi connectivity index (χ2v) is 8.05. The molecule has 0 unspecified atom stereocenters. The Hall–Kier alpha value is -3.73. The normalized spacial score (nSPS) is 22.2. The van der Waals surface area contributed by atoms with Crippen LogP contribution >= 0.6 is 0 Å². The number of ether oxygens (including phenoxy) is 1. The van der Waals surface area contributed by atoms with E-state index in [0.29, 0.717) is 5.71 Å². The van der Waals surface area contributed by atoms with Crippen LogP contribution in [0.1, 0.15) is 39.5 Å². The SMILES string of the molecule is Cc1cc(C)c(C2=NO[C@@H](c3ccccc3)[C@@]23N=C(c2ccccc2)OC3=O)c(C)c1. The molecule has 0 saturated heterocycles. The summed E-state index contributed by atoms with van der Waals surface area (Å²) >= 11 is 0. The Kier molecular flexibility index (Phi) is 4.47. The monoisotopic (exact) mass is 410 g/mol. The summed E-state index contributed by atoms with van der Waals surface area (Å²) in [6.45, 7) is 6.09. The van der Waals surface area contributed by atoms with Gasteiger partial charge in [-0.25, -0.2) is 9.79 Å². The molecule has 0 radical (unpaired) electrons. The van der Waals surface area contributed by atoms with Crippen molar-refractivity contribution in [3.8, 4) is 0 Å². The average Bonchev–Trinajstić information content (AvgIpc) is 3.30. The van der Waals surface area contributed by atoms with E-state index < -0.39 is 17.6 Å². The molecule has 0 fully saturated rings. The van der Waals surface area contributed by atoms with Crippen molar-refractivity contribution >= 4 is 17.6 Å². The van der Waals surface area contributed by atoms with E-state index in [1.165, 1.54) is 0 Å². The third-order valence-corrected chi connectivity index (χ3v) is 5.81. The van der Waals surface area contributed by atoms with Gasteiger partial charge >= 0.3 is 5.97 Å². The lowest BCUT2D eigenvalue weighted by Gasteiger charge is -2.25. The number of cyclic esters (lactones) is 1. The summed E-state index contributed by atoms with van der Waals surface area (Å²) in [4.78, 5) is 24.3. The van der Waals surface area contributed by atoms with E-state index in [2.05, 4.69) is 24.2 Å². The van der Waals surface area contributed by atoms with Crippen molar-refractivity contribution in [3.05, 3.63) is 106 Å². The van der Waals surface area contributed by atoms with E-state index in [1.54, 1.807) is 0 Å². The van der Waals surface area contributed by atoms with E-state index in [9.17, 15) is 4.79 Å². The van der Waals surface area contributed by atoms with Gasteiger partial charge in [0.25, 0.3) is 5.54 Å². The highest BCUT2D eigenvalue weighted by molar-refractivity contribution is 6.27. The molecule has 0 bridgehead atoms. The van der Waals surface area contributed by atoms with Gasteiger partial charge in [-0.05, 0) is 49.6 Å². The van der Waals surface area contributed by atoms with Crippen molar-refractivity contribution in [2.24, 2.45) is 10.1 Å². The third kappa shape index (κ3) is 2.96. The summed E-state index contributed by atoms with van der Waals surface area (Å²) in [6, 6.07) is 23.2. The van der Waals surface area contributed by atoms with Crippen molar-refractivity contribution in [1.29, 1.82) is 0 Å². The number of benzene rings is 3. The van der Waals surface area contributed by atoms with Gasteiger partial charge in [-0.15, -0.1) is 0 Å². The summed E-state index contributed by atoms with van der Waals surface area (Å²) in [7, 11) is 0. The van der Waals surface area contributed by atoms with Crippen LogP contribution in [0.2, 0.25) is 0 Å². The largest absolute Gasteiger partial charge is 0.405 e. The van der Waals surface area contributed by atoms with E-state index >= 15 is 0 Å². The van der Waals surface area contributed by atoms with Crippen molar-refractivity contribution in [2.45, 2.75) is 32.4 Å². The Morgan fingerprint density at radius 1 is 0.871 bits per heavy atom. The van der Waals surface area contributed by atoms with Gasteiger partial charge in [-0.3, -0.25) is 0 Å². The smallest absolute Gasteiger partial charge is 0.351 e. The average molecular weight is 410 g/mol. The number of carbonyl (C=O) groups excluding carboxylic acids is 1. The number of oxime groups is 1. The minimum atomic E-state index is -1.41. The van der Waals surface area contributed by atoms with Crippen LogP contribution in [-0.2, 0) is 14.4 Å². The van der Waals surface area contributed by atoms with Crippen LogP contribution in [-0.4, -0.2) is 23.1 Å². The quantitative estimate of drug-likeness (QED) is 0.581. The lowest BCUT2D eigenvalue weighted by molar-refractivity contribution is -0.139. The van der Waals surface area contributed by atoms with Gasteiger partial charge in [0.05, 0.1) is 0 Å². The van der Waals surface area contributed by atoms with Crippen molar-refractivity contribution in [2.75, 3.05) is 0 Å². The highest BCUT2D eigenvalue weighted by atomic mass is 16.7. The minimum absolute atomic E-state index is 0.284. The molecule has 5 heteroatoms. The van der Waals surface area contributed by atoms with Crippen LogP contribution in [0.15, 0.2) is 82.9 Å². The summed E-state index contributed by atoms with van der Waals surface area (Å²) in [6.07, 6.45) is -0.711. The number of aryl methyl sites for hydroxylation is 3. The summed E-state index contributed by atoms with van der Waals surface area (Å²) in [5, 5.41) is 4.44. The number of aliphatic imine (C=N–C) groups is 1. The maximum atomic E-state index is 13.5. The van der Waals surface area contributed by atoms with Gasteiger partial charge in [0, 0.05) is 11.1 Å². The molecule has 2 aliphatic heterocycles. The topological polar surface area (TPSA) is 60.3 Å². The minimum Gasteiger partial charge on any atom is -0.405 e. The standard InChI is InChI=1S/C26H22N2O3/c1-16-14-17(2)21(18(3)15-16)22-26(23(31-28-22)19-10-6-4-7-11-19)25(29)30-24(27-26)20-12-8-5-9-13-20/h4-15,23H,1-3H3/t23-,26-/m0/s1. The fraction of sp³-hybridized carbons (Fsp3) is 0.192. The predicted octanol–water partition coefficient (Wildman–Crippen LogP) is 4.83. The second kappa shape index (κ2) is 7.20. The van der Waals surface area contributed by atoms with Crippen LogP contribution in [0, 0.1) is 20.8 Å². The lowest BCUT2D eigenvalue weighted by atomic mass is 9.79. The molecule has 2 aliphatic rings. The highest BCUT2D eigenvalue weighted by Gasteiger charge is 2.62. The zero-order valence-electron chi connectivity index (χ0n) is 17.6. The lowest BCUT2D eigenvalue weighted by Crippen LogP contribution is -2.46. The van der Waals surface area contributed by atoms with E-state index in [1.807, 2.05) is 74.5 Å². The van der Waals surface area contributed by atoms with E-state index in [4.69, 9.17) is 14.6 Å². The van der Waals surface area contributed by atoms with Crippen LogP contribution in [0.4, 0.5) is 0 Å². The number of hydrogen-bond donors (Lipinski definition) is 0. The Morgan fingerprint density at radius 3 is 2.13 bits per heavy atom. The molecule has 2 atom stereocenters. The molecule has 0 N–H and O–H groups in total. The second-order valence-electron chi connectivity index (χ2n) is 8.05. The molecule has 1 spiro atoms. The number of rotatable bonds is 3. The Balaban J connectivity index is 1.73. The molecular formula is C26H22N2O3. The first-order valence-electron chi connectivity index (χ1n) is 10.3. The molecule has 2 heterocycles. The van der Waals surface area contributed by atoms with Gasteiger partial charge in [0.15, 0.2) is 6.10 Å². The summed E-state index contributed by atoms with van der Waals surface area (Å²) in [5.74, 6) is -0.192. The number of hydrogen-bond acceptors (Lipinski definition) is 5. The fourth-order valence-corrected chi connectivity index (χ4v) is 4.51. The van der Waals surface area contributed by atoms with Crippen molar-refractivity contribution < 1.29 is 14.4 Å². The fourth-order valence-electron chi connectivity index (χ4n) is 4.51. The molecule has 0 aromatic heterocycles. The molecule has 5 rings (SSSR count). The number of nitrogens with zero attached hydrogens (tertiary/aromatic N) is 2. The molecule has 3 aromatic carbocycles. The molecule has 0 aliphatic carbocycles. The maximum Gasteiger partial charge on any atom is 0.351 e. The zero-order valence-corrected chi connectivity index (χ0v) is 17.6. The first kappa shape index (κ1) is 19.2. The van der Waals surface area contributed by atoms with Crippen LogP contribution in [0.5, 0.6) is 0 Å². The highest BCUT2D eigenvalue weighted by Crippen LogP contribution is 2.46. The van der Waals surface area contributed by atoms with Gasteiger partial charge in [0.1, 0.15) is 5.71 Å². The van der Waals surface area contributed by atoms with Crippen LogP contribution < -0.4 is 0 Å². The summed E-state index contributed by atoms with van der Waals surface area (Å²) < 4.78 is 5.74. The van der Waals surface area contributed by atoms with Crippen LogP contribution in [0.25, 0.3) is 0 Å². The first-order chi connectivity index (χ1) is 15.0. The molecule has 0 amide bonds. The Bertz CT molecular complexity index is 1210. The molecule has 154 valence electrons. The van der Waals surface area contributed by atoms with Gasteiger partial charge in [0.2, 0.25) is 5.90 Å². The number of esters is 1. The molecule has 3 aromatic rings. The predicted molar refractivity (Wildman–Crippen MR) is 119 cm³/mol.